The molecule has 1 fully saturated rings. The summed E-state index contributed by atoms with van der Waals surface area (Å²) in [5.74, 6) is -4.67. The van der Waals surface area contributed by atoms with E-state index in [0.717, 1.165) is 31.0 Å². The lowest BCUT2D eigenvalue weighted by Gasteiger charge is -2.21. The van der Waals surface area contributed by atoms with Crippen LogP contribution in [-0.4, -0.2) is 46.9 Å². The Hall–Kier alpha value is -2.88. The van der Waals surface area contributed by atoms with Crippen LogP contribution in [0.4, 0.5) is 0 Å². The van der Waals surface area contributed by atoms with Gasteiger partial charge < -0.3 is 19.3 Å². The zero-order valence-electron chi connectivity index (χ0n) is 12.9. The van der Waals surface area contributed by atoms with Gasteiger partial charge >= 0.3 is 17.6 Å². The number of ether oxygens (including phenoxy) is 3. The number of H-pyrrole nitrogens is 1. The Balaban J connectivity index is 2.41. The number of aliphatic hydroxyl groups excluding tert-OH is 1. The highest BCUT2D eigenvalue weighted by Crippen LogP contribution is 2.40. The van der Waals surface area contributed by atoms with Crippen molar-refractivity contribution in [3.05, 3.63) is 45.4 Å². The largest absolute Gasteiger partial charge is 0.472 e. The molecule has 0 saturated carbocycles. The maximum absolute atomic E-state index is 11.9. The lowest BCUT2D eigenvalue weighted by Crippen LogP contribution is -2.41. The van der Waals surface area contributed by atoms with E-state index in [1.54, 1.807) is 0 Å². The standard InChI is InChI=1S/C14H16N2O8/c1-6-8(9(12(19)22-2)13(20)23-3)10(18)11(24-6)16-5-4-7(17)15-14(16)21/h4-5,8-11,18H,1H2,2-3H3,(H,15,17,21)/t8-,10+,11-/m1/s1. The van der Waals surface area contributed by atoms with Crippen LogP contribution in [0.3, 0.4) is 0 Å². The Labute approximate surface area is 135 Å². The van der Waals surface area contributed by atoms with Gasteiger partial charge in [0, 0.05) is 12.3 Å². The number of aromatic nitrogens is 2. The fourth-order valence-electron chi connectivity index (χ4n) is 2.55. The minimum absolute atomic E-state index is 0.0913. The van der Waals surface area contributed by atoms with Crippen molar-refractivity contribution in [2.75, 3.05) is 14.2 Å². The maximum atomic E-state index is 11.9. The van der Waals surface area contributed by atoms with E-state index in [1.165, 1.54) is 0 Å². The molecular formula is C14H16N2O8. The van der Waals surface area contributed by atoms with Gasteiger partial charge in [-0.15, -0.1) is 0 Å². The fraction of sp³-hybridized carbons (Fsp3) is 0.429. The molecule has 2 heterocycles. The van der Waals surface area contributed by atoms with E-state index in [4.69, 9.17) is 4.74 Å². The minimum atomic E-state index is -1.51. The predicted octanol–water partition coefficient (Wildman–Crippen LogP) is -1.48. The monoisotopic (exact) mass is 340 g/mol. The van der Waals surface area contributed by atoms with Crippen molar-refractivity contribution in [2.45, 2.75) is 12.3 Å². The molecule has 1 aromatic rings. The summed E-state index contributed by atoms with van der Waals surface area (Å²) in [6.07, 6.45) is -1.64. The smallest absolute Gasteiger partial charge is 0.331 e. The minimum Gasteiger partial charge on any atom is -0.472 e. The number of aliphatic hydroxyl groups is 1. The van der Waals surface area contributed by atoms with Crippen molar-refractivity contribution in [1.29, 1.82) is 0 Å². The van der Waals surface area contributed by atoms with E-state index in [0.29, 0.717) is 0 Å². The van der Waals surface area contributed by atoms with Crippen molar-refractivity contribution in [1.82, 2.24) is 9.55 Å². The Morgan fingerprint density at radius 1 is 1.33 bits per heavy atom. The van der Waals surface area contributed by atoms with Crippen molar-refractivity contribution < 1.29 is 28.9 Å². The lowest BCUT2D eigenvalue weighted by molar-refractivity contribution is -0.162. The van der Waals surface area contributed by atoms with Crippen molar-refractivity contribution >= 4 is 11.9 Å². The van der Waals surface area contributed by atoms with Gasteiger partial charge in [-0.1, -0.05) is 6.58 Å². The highest BCUT2D eigenvalue weighted by molar-refractivity contribution is 5.95. The van der Waals surface area contributed by atoms with E-state index in [2.05, 4.69) is 16.1 Å². The molecule has 10 heteroatoms. The van der Waals surface area contributed by atoms with Crippen LogP contribution in [0, 0.1) is 11.8 Å². The molecule has 0 bridgehead atoms. The molecule has 1 saturated heterocycles. The number of hydrogen-bond acceptors (Lipinski definition) is 8. The Morgan fingerprint density at radius 2 is 1.92 bits per heavy atom. The lowest BCUT2D eigenvalue weighted by atomic mass is 9.87. The number of nitrogens with one attached hydrogen (secondary N) is 1. The van der Waals surface area contributed by atoms with Crippen LogP contribution in [-0.2, 0) is 23.8 Å². The van der Waals surface area contributed by atoms with Crippen LogP contribution in [0.15, 0.2) is 34.2 Å². The summed E-state index contributed by atoms with van der Waals surface area (Å²) in [6.45, 7) is 3.58. The molecule has 2 rings (SSSR count). The van der Waals surface area contributed by atoms with Crippen LogP contribution in [0.5, 0.6) is 0 Å². The normalized spacial score (nSPS) is 23.0. The maximum Gasteiger partial charge on any atom is 0.331 e. The van der Waals surface area contributed by atoms with Gasteiger partial charge in [0.25, 0.3) is 5.56 Å². The second-order valence-electron chi connectivity index (χ2n) is 5.03. The Bertz CT molecular complexity index is 763. The van der Waals surface area contributed by atoms with Gasteiger partial charge in [-0.3, -0.25) is 23.9 Å². The molecule has 3 atom stereocenters. The van der Waals surface area contributed by atoms with Gasteiger partial charge in [-0.2, -0.15) is 0 Å². The summed E-state index contributed by atoms with van der Waals surface area (Å²) in [5, 5.41) is 10.5. The molecule has 130 valence electrons. The zero-order chi connectivity index (χ0) is 18.0. The molecule has 0 aromatic carbocycles. The fourth-order valence-corrected chi connectivity index (χ4v) is 2.55. The number of methoxy groups -OCH3 is 2. The number of carbonyl (C=O) groups excluding carboxylic acids is 2. The number of rotatable bonds is 4. The number of hydrogen-bond donors (Lipinski definition) is 2. The third-order valence-corrected chi connectivity index (χ3v) is 3.70. The third-order valence-electron chi connectivity index (χ3n) is 3.70. The van der Waals surface area contributed by atoms with Crippen LogP contribution in [0.25, 0.3) is 0 Å². The summed E-state index contributed by atoms with van der Waals surface area (Å²) >= 11 is 0. The summed E-state index contributed by atoms with van der Waals surface area (Å²) in [6, 6.07) is 1.06. The average Bonchev–Trinajstić information content (AvgIpc) is 2.83. The molecule has 1 aromatic heterocycles. The predicted molar refractivity (Wildman–Crippen MR) is 77.6 cm³/mol. The van der Waals surface area contributed by atoms with E-state index < -0.39 is 47.4 Å². The molecule has 1 aliphatic rings. The number of carbonyl (C=O) groups is 2. The Kier molecular flexibility index (Phi) is 4.88. The summed E-state index contributed by atoms with van der Waals surface area (Å²) in [5.41, 5.74) is -1.45. The van der Waals surface area contributed by atoms with E-state index >= 15 is 0 Å². The molecule has 1 aliphatic heterocycles. The quantitative estimate of drug-likeness (QED) is 0.500. The number of aromatic amines is 1. The first-order chi connectivity index (χ1) is 11.3. The third kappa shape index (κ3) is 2.95. The van der Waals surface area contributed by atoms with Gasteiger partial charge in [-0.05, 0) is 0 Å². The van der Waals surface area contributed by atoms with E-state index in [-0.39, 0.29) is 5.76 Å². The molecule has 24 heavy (non-hydrogen) atoms. The van der Waals surface area contributed by atoms with Crippen LogP contribution >= 0.6 is 0 Å². The van der Waals surface area contributed by atoms with Crippen molar-refractivity contribution in [3.63, 3.8) is 0 Å². The summed E-state index contributed by atoms with van der Waals surface area (Å²) in [4.78, 5) is 48.8. The molecule has 0 unspecified atom stereocenters. The van der Waals surface area contributed by atoms with E-state index in [9.17, 15) is 24.3 Å². The summed E-state index contributed by atoms with van der Waals surface area (Å²) in [7, 11) is 2.15. The topological polar surface area (TPSA) is 137 Å². The van der Waals surface area contributed by atoms with Gasteiger partial charge in [0.15, 0.2) is 5.92 Å². The second kappa shape index (κ2) is 6.71. The summed E-state index contributed by atoms with van der Waals surface area (Å²) < 4.78 is 15.4. The highest BCUT2D eigenvalue weighted by atomic mass is 16.6. The van der Waals surface area contributed by atoms with Crippen LogP contribution in [0.2, 0.25) is 0 Å². The van der Waals surface area contributed by atoms with Crippen molar-refractivity contribution in [3.8, 4) is 0 Å². The zero-order valence-corrected chi connectivity index (χ0v) is 12.9. The Morgan fingerprint density at radius 3 is 2.42 bits per heavy atom. The molecule has 0 amide bonds. The molecule has 0 aliphatic carbocycles. The molecule has 0 radical (unpaired) electrons. The van der Waals surface area contributed by atoms with E-state index in [1.807, 2.05) is 4.98 Å². The second-order valence-corrected chi connectivity index (χ2v) is 5.03. The molecule has 10 nitrogen and oxygen atoms in total. The highest BCUT2D eigenvalue weighted by Gasteiger charge is 2.51. The molecule has 2 N–H and O–H groups in total. The van der Waals surface area contributed by atoms with Gasteiger partial charge in [-0.25, -0.2) is 4.79 Å². The first-order valence-electron chi connectivity index (χ1n) is 6.82. The number of nitrogens with zero attached hydrogens (tertiary/aromatic N) is 1. The average molecular weight is 340 g/mol. The van der Waals surface area contributed by atoms with Crippen molar-refractivity contribution in [2.24, 2.45) is 11.8 Å². The SMILES string of the molecule is C=C1O[C@@H](n2ccc(=O)[nH]c2=O)[C@@H](O)[C@H]1C(C(=O)OC)C(=O)OC. The van der Waals surface area contributed by atoms with Gasteiger partial charge in [0.05, 0.1) is 25.9 Å². The molecule has 0 spiro atoms. The van der Waals surface area contributed by atoms with Gasteiger partial charge in [0.2, 0.25) is 6.23 Å². The first kappa shape index (κ1) is 17.5. The number of esters is 2. The van der Waals surface area contributed by atoms with Crippen LogP contribution < -0.4 is 11.2 Å². The first-order valence-corrected chi connectivity index (χ1v) is 6.82. The van der Waals surface area contributed by atoms with Gasteiger partial charge in [0.1, 0.15) is 6.10 Å². The molecular weight excluding hydrogens is 324 g/mol. The van der Waals surface area contributed by atoms with Crippen LogP contribution in [0.1, 0.15) is 6.23 Å².